The Morgan fingerprint density at radius 3 is 2.44 bits per heavy atom. The summed E-state index contributed by atoms with van der Waals surface area (Å²) < 4.78 is 18.2. The molecule has 0 fully saturated rings. The van der Waals surface area contributed by atoms with Gasteiger partial charge in [-0.15, -0.1) is 0 Å². The maximum atomic E-state index is 13.0. The lowest BCUT2D eigenvalue weighted by Gasteiger charge is -2.08. The van der Waals surface area contributed by atoms with Crippen LogP contribution in [0.5, 0.6) is 0 Å². The minimum absolute atomic E-state index is 0.0204. The largest absolute Gasteiger partial charge is 0.454 e. The summed E-state index contributed by atoms with van der Waals surface area (Å²) in [6.07, 6.45) is 0.892. The number of halogens is 1. The first-order chi connectivity index (χ1) is 13.0. The second-order valence-electron chi connectivity index (χ2n) is 5.69. The van der Waals surface area contributed by atoms with E-state index in [1.54, 1.807) is 12.1 Å². The predicted molar refractivity (Wildman–Crippen MR) is 98.9 cm³/mol. The van der Waals surface area contributed by atoms with Crippen molar-refractivity contribution in [3.8, 4) is 0 Å². The molecule has 1 heterocycles. The lowest BCUT2D eigenvalue weighted by molar-refractivity contribution is 0.0462. The number of carbonyl (C=O) groups is 1. The summed E-state index contributed by atoms with van der Waals surface area (Å²) >= 11 is 0. The summed E-state index contributed by atoms with van der Waals surface area (Å²) in [5.74, 6) is -0.481. The van der Waals surface area contributed by atoms with Crippen LogP contribution < -0.4 is 11.1 Å². The molecule has 3 rings (SSSR count). The Labute approximate surface area is 155 Å². The average molecular weight is 367 g/mol. The Morgan fingerprint density at radius 1 is 1.07 bits per heavy atom. The summed E-state index contributed by atoms with van der Waals surface area (Å²) in [4.78, 5) is 24.2. The number of carbonyl (C=O) groups excluding carboxylic acids is 1. The number of ether oxygens (including phenoxy) is 1. The van der Waals surface area contributed by atoms with Gasteiger partial charge in [0.05, 0.1) is 5.56 Å². The highest BCUT2D eigenvalue weighted by molar-refractivity contribution is 5.89. The van der Waals surface area contributed by atoms with Crippen molar-refractivity contribution in [2.24, 2.45) is 0 Å². The van der Waals surface area contributed by atoms with E-state index in [0.29, 0.717) is 11.3 Å². The van der Waals surface area contributed by atoms with E-state index in [4.69, 9.17) is 10.5 Å². The molecule has 0 aliphatic heterocycles. The minimum atomic E-state index is -0.482. The van der Waals surface area contributed by atoms with E-state index in [2.05, 4.69) is 20.3 Å². The molecule has 3 N–H and O–H groups in total. The highest BCUT2D eigenvalue weighted by atomic mass is 19.1. The molecule has 27 heavy (non-hydrogen) atoms. The zero-order valence-electron chi connectivity index (χ0n) is 14.6. The molecule has 0 atom stereocenters. The number of nitrogens with two attached hydrogens (primary N) is 1. The first-order valence-electron chi connectivity index (χ1n) is 8.32. The minimum Gasteiger partial charge on any atom is -0.454 e. The number of aryl methyl sites for hydroxylation is 1. The predicted octanol–water partition coefficient (Wildman–Crippen LogP) is 3.26. The molecular weight excluding hydrogens is 349 g/mol. The molecule has 0 saturated carbocycles. The van der Waals surface area contributed by atoms with E-state index < -0.39 is 5.97 Å². The van der Waals surface area contributed by atoms with Crippen LogP contribution in [0.15, 0.2) is 48.5 Å². The molecule has 0 amide bonds. The Hall–Kier alpha value is -3.55. The number of rotatable bonds is 6. The van der Waals surface area contributed by atoms with Crippen molar-refractivity contribution in [1.82, 2.24) is 15.0 Å². The van der Waals surface area contributed by atoms with Gasteiger partial charge in [-0.3, -0.25) is 0 Å². The number of nitrogens with zero attached hydrogens (tertiary/aromatic N) is 3. The van der Waals surface area contributed by atoms with Crippen molar-refractivity contribution in [3.63, 3.8) is 0 Å². The molecule has 0 spiro atoms. The van der Waals surface area contributed by atoms with Gasteiger partial charge in [-0.2, -0.15) is 15.0 Å². The van der Waals surface area contributed by atoms with E-state index in [9.17, 15) is 9.18 Å². The molecule has 0 saturated heterocycles. The molecule has 2 aromatic carbocycles. The third-order valence-electron chi connectivity index (χ3n) is 3.73. The van der Waals surface area contributed by atoms with Crippen molar-refractivity contribution >= 4 is 23.6 Å². The van der Waals surface area contributed by atoms with Gasteiger partial charge in [0, 0.05) is 5.69 Å². The Balaban J connectivity index is 1.66. The molecule has 138 valence electrons. The average Bonchev–Trinajstić information content (AvgIpc) is 2.67. The van der Waals surface area contributed by atoms with Crippen LogP contribution in [-0.4, -0.2) is 20.9 Å². The highest BCUT2D eigenvalue weighted by Crippen LogP contribution is 2.15. The number of nitrogens with one attached hydrogen (secondary N) is 1. The zero-order valence-corrected chi connectivity index (χ0v) is 14.6. The molecule has 0 aliphatic carbocycles. The van der Waals surface area contributed by atoms with Crippen LogP contribution in [0.2, 0.25) is 0 Å². The van der Waals surface area contributed by atoms with Crippen LogP contribution in [-0.2, 0) is 17.8 Å². The summed E-state index contributed by atoms with van der Waals surface area (Å²) in [5, 5.41) is 2.89. The second kappa shape index (κ2) is 8.22. The van der Waals surface area contributed by atoms with Gasteiger partial charge < -0.3 is 15.8 Å². The number of aromatic nitrogens is 3. The van der Waals surface area contributed by atoms with E-state index in [1.165, 1.54) is 24.3 Å². The first-order valence-corrected chi connectivity index (χ1v) is 8.32. The normalized spacial score (nSPS) is 10.4. The Bertz CT molecular complexity index is 930. The number of benzene rings is 2. The topological polar surface area (TPSA) is 103 Å². The third kappa shape index (κ3) is 4.97. The molecule has 0 aliphatic rings. The fourth-order valence-corrected chi connectivity index (χ4v) is 2.31. The molecule has 0 bridgehead atoms. The van der Waals surface area contributed by atoms with E-state index in [-0.39, 0.29) is 30.1 Å². The zero-order chi connectivity index (χ0) is 19.2. The lowest BCUT2D eigenvalue weighted by atomic mass is 10.1. The van der Waals surface area contributed by atoms with Crippen LogP contribution in [0.4, 0.5) is 22.0 Å². The Morgan fingerprint density at radius 2 is 1.78 bits per heavy atom. The fourth-order valence-electron chi connectivity index (χ4n) is 2.31. The number of esters is 1. The fraction of sp³-hybridized carbons (Fsp3) is 0.158. The van der Waals surface area contributed by atoms with Crippen molar-refractivity contribution in [2.75, 3.05) is 11.1 Å². The van der Waals surface area contributed by atoms with Gasteiger partial charge in [0.25, 0.3) is 0 Å². The molecule has 1 aromatic heterocycles. The van der Waals surface area contributed by atoms with Gasteiger partial charge in [-0.1, -0.05) is 19.1 Å². The second-order valence-corrected chi connectivity index (χ2v) is 5.69. The summed E-state index contributed by atoms with van der Waals surface area (Å²) in [6, 6.07) is 12.9. The summed E-state index contributed by atoms with van der Waals surface area (Å²) in [7, 11) is 0. The quantitative estimate of drug-likeness (QED) is 0.645. The number of anilines is 3. The van der Waals surface area contributed by atoms with Gasteiger partial charge in [0.2, 0.25) is 11.9 Å². The van der Waals surface area contributed by atoms with Crippen molar-refractivity contribution < 1.29 is 13.9 Å². The molecule has 7 nitrogen and oxygen atoms in total. The molecule has 8 heteroatoms. The highest BCUT2D eigenvalue weighted by Gasteiger charge is 2.11. The third-order valence-corrected chi connectivity index (χ3v) is 3.73. The van der Waals surface area contributed by atoms with Gasteiger partial charge >= 0.3 is 5.97 Å². The standard InChI is InChI=1S/C19H18FN5O2/c1-2-12-3-5-13(6-4-12)17(26)27-11-16-23-18(21)25-19(24-16)22-15-9-7-14(20)8-10-15/h3-10H,2,11H2,1H3,(H3,21,22,23,24,25). The van der Waals surface area contributed by atoms with Crippen LogP contribution in [0.1, 0.15) is 28.7 Å². The smallest absolute Gasteiger partial charge is 0.338 e. The van der Waals surface area contributed by atoms with Gasteiger partial charge in [-0.25, -0.2) is 9.18 Å². The van der Waals surface area contributed by atoms with E-state index in [0.717, 1.165) is 12.0 Å². The van der Waals surface area contributed by atoms with Crippen molar-refractivity contribution in [2.45, 2.75) is 20.0 Å². The summed E-state index contributed by atoms with van der Waals surface area (Å²) in [6.45, 7) is 1.88. The molecule has 0 radical (unpaired) electrons. The van der Waals surface area contributed by atoms with Gasteiger partial charge in [0.15, 0.2) is 12.4 Å². The first kappa shape index (κ1) is 18.2. The number of hydrogen-bond acceptors (Lipinski definition) is 7. The lowest BCUT2D eigenvalue weighted by Crippen LogP contribution is -2.11. The molecule has 0 unspecified atom stereocenters. The maximum absolute atomic E-state index is 13.0. The van der Waals surface area contributed by atoms with Crippen LogP contribution in [0.25, 0.3) is 0 Å². The Kier molecular flexibility index (Phi) is 5.55. The maximum Gasteiger partial charge on any atom is 0.338 e. The SMILES string of the molecule is CCc1ccc(C(=O)OCc2nc(N)nc(Nc3ccc(F)cc3)n2)cc1. The molecule has 3 aromatic rings. The van der Waals surface area contributed by atoms with Crippen LogP contribution in [0.3, 0.4) is 0 Å². The van der Waals surface area contributed by atoms with Crippen LogP contribution in [0, 0.1) is 5.82 Å². The van der Waals surface area contributed by atoms with Gasteiger partial charge in [-0.05, 0) is 48.4 Å². The number of nitrogen functional groups attached to an aromatic ring is 1. The van der Waals surface area contributed by atoms with Crippen molar-refractivity contribution in [3.05, 3.63) is 71.3 Å². The van der Waals surface area contributed by atoms with Crippen LogP contribution >= 0.6 is 0 Å². The number of hydrogen-bond donors (Lipinski definition) is 2. The summed E-state index contributed by atoms with van der Waals surface area (Å²) in [5.41, 5.74) is 7.84. The van der Waals surface area contributed by atoms with Gasteiger partial charge in [0.1, 0.15) is 5.82 Å². The monoisotopic (exact) mass is 367 g/mol. The van der Waals surface area contributed by atoms with Crippen molar-refractivity contribution in [1.29, 1.82) is 0 Å². The molecular formula is C19H18FN5O2. The van der Waals surface area contributed by atoms with E-state index >= 15 is 0 Å². The van der Waals surface area contributed by atoms with E-state index in [1.807, 2.05) is 19.1 Å².